The van der Waals surface area contributed by atoms with E-state index >= 15 is 0 Å². The third kappa shape index (κ3) is 4.18. The van der Waals surface area contributed by atoms with Gasteiger partial charge in [-0.15, -0.1) is 0 Å². The SMILES string of the molecule is NS(=O)(=O)CC1CC(=O)N(Cc2cc(Br)ccc2Cl)C1. The zero-order valence-electron chi connectivity index (χ0n) is 10.6. The van der Waals surface area contributed by atoms with Crippen molar-refractivity contribution in [2.75, 3.05) is 12.3 Å². The Morgan fingerprint density at radius 2 is 2.15 bits per heavy atom. The molecule has 1 saturated heterocycles. The number of halogens is 2. The van der Waals surface area contributed by atoms with E-state index in [9.17, 15) is 13.2 Å². The van der Waals surface area contributed by atoms with Crippen molar-refractivity contribution in [2.45, 2.75) is 13.0 Å². The minimum absolute atomic E-state index is 0.0744. The largest absolute Gasteiger partial charge is 0.338 e. The first kappa shape index (κ1) is 15.8. The Bertz CT molecular complexity index is 636. The van der Waals surface area contributed by atoms with Crippen molar-refractivity contribution in [1.29, 1.82) is 0 Å². The van der Waals surface area contributed by atoms with Gasteiger partial charge in [0.1, 0.15) is 0 Å². The smallest absolute Gasteiger partial charge is 0.223 e. The number of primary sulfonamides is 1. The van der Waals surface area contributed by atoms with Crippen molar-refractivity contribution in [2.24, 2.45) is 11.1 Å². The molecule has 20 heavy (non-hydrogen) atoms. The molecule has 1 aromatic rings. The van der Waals surface area contributed by atoms with E-state index in [4.69, 9.17) is 16.7 Å². The highest BCUT2D eigenvalue weighted by Gasteiger charge is 2.32. The number of nitrogens with two attached hydrogens (primary N) is 1. The Balaban J connectivity index is 2.07. The van der Waals surface area contributed by atoms with Gasteiger partial charge in [-0.3, -0.25) is 4.79 Å². The maximum Gasteiger partial charge on any atom is 0.223 e. The molecule has 0 aliphatic carbocycles. The number of carbonyl (C=O) groups is 1. The summed E-state index contributed by atoms with van der Waals surface area (Å²) < 4.78 is 23.0. The van der Waals surface area contributed by atoms with E-state index in [0.717, 1.165) is 10.0 Å². The van der Waals surface area contributed by atoms with Gasteiger partial charge in [-0.25, -0.2) is 13.6 Å². The standard InChI is InChI=1S/C12H14BrClN2O3S/c13-10-1-2-11(14)9(4-10)6-16-5-8(3-12(16)17)7-20(15,18)19/h1-2,4,8H,3,5-7H2,(H2,15,18,19). The number of sulfonamides is 1. The van der Waals surface area contributed by atoms with Gasteiger partial charge >= 0.3 is 0 Å². The van der Waals surface area contributed by atoms with Crippen LogP contribution >= 0.6 is 27.5 Å². The molecular formula is C12H14BrClN2O3S. The molecule has 110 valence electrons. The first-order chi connectivity index (χ1) is 9.24. The van der Waals surface area contributed by atoms with E-state index in [2.05, 4.69) is 15.9 Å². The van der Waals surface area contributed by atoms with Crippen LogP contribution in [-0.4, -0.2) is 31.5 Å². The van der Waals surface area contributed by atoms with Crippen molar-refractivity contribution >= 4 is 43.5 Å². The quantitative estimate of drug-likeness (QED) is 0.862. The second kappa shape index (κ2) is 6.01. The molecule has 0 spiro atoms. The van der Waals surface area contributed by atoms with Crippen molar-refractivity contribution in [1.82, 2.24) is 4.90 Å². The predicted octanol–water partition coefficient (Wildman–Crippen LogP) is 1.74. The van der Waals surface area contributed by atoms with Crippen LogP contribution in [0.2, 0.25) is 5.02 Å². The molecule has 2 N–H and O–H groups in total. The minimum Gasteiger partial charge on any atom is -0.338 e. The van der Waals surface area contributed by atoms with E-state index < -0.39 is 10.0 Å². The lowest BCUT2D eigenvalue weighted by Gasteiger charge is -2.17. The zero-order chi connectivity index (χ0) is 14.9. The van der Waals surface area contributed by atoms with Crippen LogP contribution in [0.1, 0.15) is 12.0 Å². The summed E-state index contributed by atoms with van der Waals surface area (Å²) in [5.74, 6) is -0.486. The Labute approximate surface area is 131 Å². The van der Waals surface area contributed by atoms with Gasteiger partial charge in [0.25, 0.3) is 0 Å². The Hall–Kier alpha value is -0.630. The molecule has 1 aromatic carbocycles. The van der Waals surface area contributed by atoms with Gasteiger partial charge in [-0.1, -0.05) is 27.5 Å². The van der Waals surface area contributed by atoms with E-state index in [0.29, 0.717) is 18.1 Å². The summed E-state index contributed by atoms with van der Waals surface area (Å²) in [7, 11) is -3.55. The molecule has 1 aliphatic heterocycles. The molecule has 1 unspecified atom stereocenters. The topological polar surface area (TPSA) is 80.5 Å². The summed E-state index contributed by atoms with van der Waals surface area (Å²) in [6, 6.07) is 5.42. The van der Waals surface area contributed by atoms with E-state index in [-0.39, 0.29) is 24.0 Å². The highest BCUT2D eigenvalue weighted by atomic mass is 79.9. The lowest BCUT2D eigenvalue weighted by Crippen LogP contribution is -2.27. The first-order valence-electron chi connectivity index (χ1n) is 5.97. The molecule has 0 saturated carbocycles. The number of benzene rings is 1. The summed E-state index contributed by atoms with van der Waals surface area (Å²) in [6.07, 6.45) is 0.210. The monoisotopic (exact) mass is 380 g/mol. The zero-order valence-corrected chi connectivity index (χ0v) is 13.7. The maximum atomic E-state index is 11.9. The summed E-state index contributed by atoms with van der Waals surface area (Å²) in [5.41, 5.74) is 0.825. The summed E-state index contributed by atoms with van der Waals surface area (Å²) >= 11 is 9.45. The van der Waals surface area contributed by atoms with Gasteiger partial charge in [-0.2, -0.15) is 0 Å². The van der Waals surface area contributed by atoms with Crippen molar-refractivity contribution in [3.8, 4) is 0 Å². The molecule has 2 rings (SSSR count). The van der Waals surface area contributed by atoms with Crippen LogP contribution in [0.25, 0.3) is 0 Å². The number of carbonyl (C=O) groups excluding carboxylic acids is 1. The molecule has 5 nitrogen and oxygen atoms in total. The maximum absolute atomic E-state index is 11.9. The fraction of sp³-hybridized carbons (Fsp3) is 0.417. The number of likely N-dealkylation sites (tertiary alicyclic amines) is 1. The molecule has 0 bridgehead atoms. The van der Waals surface area contributed by atoms with Gasteiger partial charge in [0.05, 0.1) is 5.75 Å². The summed E-state index contributed by atoms with van der Waals surface area (Å²) in [5, 5.41) is 5.60. The Morgan fingerprint density at radius 1 is 1.45 bits per heavy atom. The van der Waals surface area contributed by atoms with Crippen LogP contribution in [0.3, 0.4) is 0 Å². The fourth-order valence-corrected chi connectivity index (χ4v) is 3.78. The normalized spacial score (nSPS) is 19.6. The van der Waals surface area contributed by atoms with Gasteiger partial charge in [0, 0.05) is 34.9 Å². The molecule has 0 aromatic heterocycles. The van der Waals surface area contributed by atoms with Gasteiger partial charge < -0.3 is 4.90 Å². The van der Waals surface area contributed by atoms with Crippen molar-refractivity contribution < 1.29 is 13.2 Å². The highest BCUT2D eigenvalue weighted by Crippen LogP contribution is 2.26. The third-order valence-electron chi connectivity index (χ3n) is 3.13. The number of hydrogen-bond donors (Lipinski definition) is 1. The number of amides is 1. The minimum atomic E-state index is -3.55. The molecular weight excluding hydrogens is 368 g/mol. The van der Waals surface area contributed by atoms with Crippen molar-refractivity contribution in [3.63, 3.8) is 0 Å². The average molecular weight is 382 g/mol. The van der Waals surface area contributed by atoms with Crippen LogP contribution in [-0.2, 0) is 21.4 Å². The number of hydrogen-bond acceptors (Lipinski definition) is 3. The van der Waals surface area contributed by atoms with Gasteiger partial charge in [0.2, 0.25) is 15.9 Å². The summed E-state index contributed by atoms with van der Waals surface area (Å²) in [6.45, 7) is 0.760. The van der Waals surface area contributed by atoms with Crippen LogP contribution in [0.15, 0.2) is 22.7 Å². The molecule has 1 amide bonds. The second-order valence-corrected chi connectivity index (χ2v) is 7.89. The van der Waals surface area contributed by atoms with Crippen LogP contribution < -0.4 is 5.14 Å². The van der Waals surface area contributed by atoms with Crippen LogP contribution in [0.4, 0.5) is 0 Å². The van der Waals surface area contributed by atoms with Crippen molar-refractivity contribution in [3.05, 3.63) is 33.3 Å². The van der Waals surface area contributed by atoms with Gasteiger partial charge in [-0.05, 0) is 23.8 Å². The predicted molar refractivity (Wildman–Crippen MR) is 80.7 cm³/mol. The summed E-state index contributed by atoms with van der Waals surface area (Å²) in [4.78, 5) is 13.5. The Kier molecular flexibility index (Phi) is 4.73. The number of nitrogens with zero attached hydrogens (tertiary/aromatic N) is 1. The van der Waals surface area contributed by atoms with Crippen LogP contribution in [0.5, 0.6) is 0 Å². The van der Waals surface area contributed by atoms with E-state index in [1.165, 1.54) is 0 Å². The molecule has 1 heterocycles. The second-order valence-electron chi connectivity index (χ2n) is 4.91. The highest BCUT2D eigenvalue weighted by molar-refractivity contribution is 9.10. The lowest BCUT2D eigenvalue weighted by atomic mass is 10.1. The van der Waals surface area contributed by atoms with Gasteiger partial charge in [0.15, 0.2) is 0 Å². The van der Waals surface area contributed by atoms with E-state index in [1.54, 1.807) is 11.0 Å². The fourth-order valence-electron chi connectivity index (χ4n) is 2.32. The van der Waals surface area contributed by atoms with Crippen LogP contribution in [0, 0.1) is 5.92 Å². The first-order valence-corrected chi connectivity index (χ1v) is 8.85. The lowest BCUT2D eigenvalue weighted by molar-refractivity contribution is -0.128. The third-order valence-corrected chi connectivity index (χ3v) is 4.93. The molecule has 1 fully saturated rings. The molecule has 1 atom stereocenters. The van der Waals surface area contributed by atoms with E-state index in [1.807, 2.05) is 12.1 Å². The molecule has 8 heteroatoms. The Morgan fingerprint density at radius 3 is 2.80 bits per heavy atom. The molecule has 0 radical (unpaired) electrons. The molecule has 1 aliphatic rings. The number of rotatable bonds is 4. The average Bonchev–Trinajstić information content (AvgIpc) is 2.62.